The lowest BCUT2D eigenvalue weighted by atomic mass is 10.2. The van der Waals surface area contributed by atoms with Gasteiger partial charge in [-0.3, -0.25) is 14.9 Å². The van der Waals surface area contributed by atoms with Crippen molar-refractivity contribution in [3.05, 3.63) is 80.6 Å². The number of nitro groups is 1. The summed E-state index contributed by atoms with van der Waals surface area (Å²) in [5, 5.41) is 10.8. The molecule has 0 radical (unpaired) electrons. The van der Waals surface area contributed by atoms with Crippen molar-refractivity contribution in [1.29, 1.82) is 0 Å². The molecule has 11 heteroatoms. The van der Waals surface area contributed by atoms with Gasteiger partial charge in [-0.2, -0.15) is 0 Å². The number of carbonyl (C=O) groups is 1. The highest BCUT2D eigenvalue weighted by Gasteiger charge is 2.21. The summed E-state index contributed by atoms with van der Waals surface area (Å²) >= 11 is 0. The SMILES string of the molecule is NC(=O)c1nc(-c2ccc([N+](=O)[O-])cc2)nc2c1[nH]c(=O)n2-c1ccccc1F. The minimum Gasteiger partial charge on any atom is -0.364 e. The zero-order valence-corrected chi connectivity index (χ0v) is 14.5. The molecule has 0 fully saturated rings. The Bertz CT molecular complexity index is 1340. The van der Waals surface area contributed by atoms with E-state index in [1.807, 2.05) is 0 Å². The number of nitrogens with one attached hydrogen (secondary N) is 1. The lowest BCUT2D eigenvalue weighted by Gasteiger charge is -2.07. The van der Waals surface area contributed by atoms with Gasteiger partial charge in [0.1, 0.15) is 11.3 Å². The number of nitro benzene ring substituents is 1. The summed E-state index contributed by atoms with van der Waals surface area (Å²) in [5.74, 6) is -1.61. The number of H-pyrrole nitrogens is 1. The van der Waals surface area contributed by atoms with Crippen LogP contribution in [0.15, 0.2) is 53.3 Å². The fourth-order valence-electron chi connectivity index (χ4n) is 2.88. The van der Waals surface area contributed by atoms with Gasteiger partial charge in [0.2, 0.25) is 0 Å². The number of para-hydroxylation sites is 1. The second kappa shape index (κ2) is 6.64. The summed E-state index contributed by atoms with van der Waals surface area (Å²) in [6.45, 7) is 0. The second-order valence-corrected chi connectivity index (χ2v) is 5.98. The van der Waals surface area contributed by atoms with E-state index in [2.05, 4.69) is 15.0 Å². The molecular weight excluding hydrogens is 383 g/mol. The van der Waals surface area contributed by atoms with E-state index in [4.69, 9.17) is 5.73 Å². The number of nitrogens with zero attached hydrogens (tertiary/aromatic N) is 4. The van der Waals surface area contributed by atoms with E-state index in [-0.39, 0.29) is 34.1 Å². The van der Waals surface area contributed by atoms with Crippen LogP contribution in [0.5, 0.6) is 0 Å². The molecule has 3 N–H and O–H groups in total. The Balaban J connectivity index is 2.02. The third-order valence-corrected chi connectivity index (χ3v) is 4.20. The summed E-state index contributed by atoms with van der Waals surface area (Å²) in [5.41, 5.74) is 4.41. The number of aromatic nitrogens is 4. The van der Waals surface area contributed by atoms with E-state index in [1.54, 1.807) is 0 Å². The Labute approximate surface area is 160 Å². The molecule has 2 aromatic heterocycles. The predicted molar refractivity (Wildman–Crippen MR) is 100 cm³/mol. The predicted octanol–water partition coefficient (Wildman–Crippen LogP) is 1.92. The van der Waals surface area contributed by atoms with Gasteiger partial charge in [-0.05, 0) is 24.3 Å². The zero-order valence-electron chi connectivity index (χ0n) is 14.5. The molecule has 4 aromatic rings. The van der Waals surface area contributed by atoms with Gasteiger partial charge in [-0.1, -0.05) is 12.1 Å². The number of fused-ring (bicyclic) bond motifs is 1. The third kappa shape index (κ3) is 3.00. The first-order valence-electron chi connectivity index (χ1n) is 8.19. The van der Waals surface area contributed by atoms with Crippen LogP contribution >= 0.6 is 0 Å². The van der Waals surface area contributed by atoms with Crippen molar-refractivity contribution >= 4 is 22.8 Å². The highest BCUT2D eigenvalue weighted by atomic mass is 19.1. The van der Waals surface area contributed by atoms with E-state index in [1.165, 1.54) is 48.5 Å². The van der Waals surface area contributed by atoms with E-state index in [9.17, 15) is 24.1 Å². The number of hydrogen-bond donors (Lipinski definition) is 2. The van der Waals surface area contributed by atoms with Gasteiger partial charge in [-0.15, -0.1) is 0 Å². The van der Waals surface area contributed by atoms with Crippen LogP contribution in [0.4, 0.5) is 10.1 Å². The van der Waals surface area contributed by atoms with Gasteiger partial charge in [0, 0.05) is 17.7 Å². The largest absolute Gasteiger partial charge is 0.364 e. The number of amides is 1. The maximum absolute atomic E-state index is 14.3. The number of rotatable bonds is 4. The molecule has 144 valence electrons. The summed E-state index contributed by atoms with van der Waals surface area (Å²) < 4.78 is 15.3. The van der Waals surface area contributed by atoms with Crippen molar-refractivity contribution in [1.82, 2.24) is 19.5 Å². The topological polar surface area (TPSA) is 150 Å². The number of carbonyl (C=O) groups excluding carboxylic acids is 1. The minimum absolute atomic E-state index is 0.00899. The molecule has 0 bridgehead atoms. The summed E-state index contributed by atoms with van der Waals surface area (Å²) in [6, 6.07) is 10.8. The lowest BCUT2D eigenvalue weighted by molar-refractivity contribution is -0.384. The Morgan fingerprint density at radius 1 is 1.14 bits per heavy atom. The van der Waals surface area contributed by atoms with E-state index < -0.39 is 22.3 Å². The monoisotopic (exact) mass is 394 g/mol. The van der Waals surface area contributed by atoms with Gasteiger partial charge >= 0.3 is 5.69 Å². The average Bonchev–Trinajstić information content (AvgIpc) is 3.03. The number of aromatic amines is 1. The quantitative estimate of drug-likeness (QED) is 0.399. The number of benzene rings is 2. The molecule has 0 unspecified atom stereocenters. The van der Waals surface area contributed by atoms with E-state index in [0.717, 1.165) is 4.57 Å². The van der Waals surface area contributed by atoms with Crippen molar-refractivity contribution in [2.45, 2.75) is 0 Å². The second-order valence-electron chi connectivity index (χ2n) is 5.98. The Morgan fingerprint density at radius 3 is 2.45 bits per heavy atom. The van der Waals surface area contributed by atoms with Crippen LogP contribution in [-0.2, 0) is 0 Å². The molecule has 0 aliphatic rings. The van der Waals surface area contributed by atoms with Gasteiger partial charge in [0.05, 0.1) is 10.6 Å². The lowest BCUT2D eigenvalue weighted by Crippen LogP contribution is -2.16. The average molecular weight is 394 g/mol. The van der Waals surface area contributed by atoms with Gasteiger partial charge < -0.3 is 10.7 Å². The molecule has 2 aromatic carbocycles. The number of nitrogens with two attached hydrogens (primary N) is 1. The molecular formula is C18H11FN6O4. The molecule has 10 nitrogen and oxygen atoms in total. The summed E-state index contributed by atoms with van der Waals surface area (Å²) in [4.78, 5) is 45.4. The van der Waals surface area contributed by atoms with E-state index in [0.29, 0.717) is 5.56 Å². The molecule has 1 amide bonds. The molecule has 0 aliphatic carbocycles. The van der Waals surface area contributed by atoms with Crippen LogP contribution in [0.25, 0.3) is 28.2 Å². The van der Waals surface area contributed by atoms with E-state index >= 15 is 0 Å². The summed E-state index contributed by atoms with van der Waals surface area (Å²) in [6.07, 6.45) is 0. The maximum Gasteiger partial charge on any atom is 0.332 e. The van der Waals surface area contributed by atoms with Crippen LogP contribution < -0.4 is 11.4 Å². The van der Waals surface area contributed by atoms with Crippen LogP contribution in [0, 0.1) is 15.9 Å². The molecule has 0 aliphatic heterocycles. The maximum atomic E-state index is 14.3. The first-order valence-corrected chi connectivity index (χ1v) is 8.19. The first kappa shape index (κ1) is 18.0. The minimum atomic E-state index is -0.928. The van der Waals surface area contributed by atoms with Gasteiger partial charge in [0.25, 0.3) is 11.6 Å². The fourth-order valence-corrected chi connectivity index (χ4v) is 2.88. The molecule has 0 saturated carbocycles. The number of imidazole rings is 1. The van der Waals surface area contributed by atoms with Crippen LogP contribution in [-0.4, -0.2) is 30.3 Å². The van der Waals surface area contributed by atoms with Gasteiger partial charge in [0.15, 0.2) is 17.2 Å². The normalized spacial score (nSPS) is 10.9. The highest BCUT2D eigenvalue weighted by Crippen LogP contribution is 2.24. The number of non-ortho nitro benzene ring substituents is 1. The molecule has 4 rings (SSSR count). The molecule has 2 heterocycles. The molecule has 0 atom stereocenters. The summed E-state index contributed by atoms with van der Waals surface area (Å²) in [7, 11) is 0. The van der Waals surface area contributed by atoms with Crippen molar-refractivity contribution in [3.8, 4) is 17.1 Å². The Hall–Kier alpha value is -4.41. The fraction of sp³-hybridized carbons (Fsp3) is 0. The third-order valence-electron chi connectivity index (χ3n) is 4.20. The van der Waals surface area contributed by atoms with Crippen LogP contribution in [0.3, 0.4) is 0 Å². The molecule has 0 saturated heterocycles. The molecule has 29 heavy (non-hydrogen) atoms. The number of halogens is 1. The Morgan fingerprint density at radius 2 is 1.83 bits per heavy atom. The zero-order chi connectivity index (χ0) is 20.7. The van der Waals surface area contributed by atoms with Crippen molar-refractivity contribution in [2.24, 2.45) is 5.73 Å². The smallest absolute Gasteiger partial charge is 0.332 e. The number of hydrogen-bond acceptors (Lipinski definition) is 6. The molecule has 0 spiro atoms. The van der Waals surface area contributed by atoms with Crippen LogP contribution in [0.1, 0.15) is 10.5 Å². The van der Waals surface area contributed by atoms with Crippen molar-refractivity contribution in [2.75, 3.05) is 0 Å². The Kier molecular flexibility index (Phi) is 4.11. The highest BCUT2D eigenvalue weighted by molar-refractivity contribution is 6.02. The number of primary amides is 1. The standard InChI is InChI=1S/C18H11FN6O4/c19-11-3-1-2-4-12(11)24-17-14(22-18(24)27)13(15(20)26)21-16(23-17)9-5-7-10(8-6-9)25(28)29/h1-8H,(H2,20,26)(H,22,27). The van der Waals surface area contributed by atoms with Crippen LogP contribution in [0.2, 0.25) is 0 Å². The first-order chi connectivity index (χ1) is 13.9. The van der Waals surface area contributed by atoms with Crippen molar-refractivity contribution < 1.29 is 14.1 Å². The van der Waals surface area contributed by atoms with Crippen molar-refractivity contribution in [3.63, 3.8) is 0 Å². The van der Waals surface area contributed by atoms with Gasteiger partial charge in [-0.25, -0.2) is 23.7 Å².